The topological polar surface area (TPSA) is 283 Å². The summed E-state index contributed by atoms with van der Waals surface area (Å²) in [5, 5.41) is 5.88. The molecule has 5 aromatic heterocycles. The van der Waals surface area contributed by atoms with Gasteiger partial charge in [0.15, 0.2) is 0 Å². The van der Waals surface area contributed by atoms with Gasteiger partial charge in [-0.05, 0) is 198 Å². The van der Waals surface area contributed by atoms with Gasteiger partial charge in [0.05, 0.1) is 7.85 Å². The number of carbonyl (C=O) groups excluding carboxylic acids is 5. The predicted octanol–water partition coefficient (Wildman–Crippen LogP) is 20.1. The molecule has 0 N–H and O–H groups in total. The van der Waals surface area contributed by atoms with Crippen molar-refractivity contribution in [3.05, 3.63) is 377 Å². The molecule has 0 saturated carbocycles. The molecular formula is C85H51BBr4Cl2F2O20. The van der Waals surface area contributed by atoms with E-state index in [4.69, 9.17) is 76.8 Å². The highest BCUT2D eigenvalue weighted by Gasteiger charge is 2.22. The van der Waals surface area contributed by atoms with Crippen LogP contribution in [0.4, 0.5) is 8.78 Å². The first-order valence-corrected chi connectivity index (χ1v) is 38.3. The molecule has 0 unspecified atom stereocenters. The number of rotatable bonds is 15. The minimum Gasteiger partial charge on any atom is -0.423 e. The van der Waals surface area contributed by atoms with Crippen LogP contribution in [0.25, 0.3) is 54.8 Å². The fraction of sp³-hybridized carbons (Fsp3) is 0.0588. The van der Waals surface area contributed by atoms with Crippen LogP contribution in [0.2, 0.25) is 10.0 Å². The Balaban J connectivity index is 0.000000141. The molecule has 15 aromatic rings. The van der Waals surface area contributed by atoms with E-state index in [1.165, 1.54) is 84.9 Å². The predicted molar refractivity (Wildman–Crippen MR) is 439 cm³/mol. The maximum Gasteiger partial charge on any atom is 0.351 e. The number of para-hydroxylation sites is 1. The molecule has 0 atom stereocenters. The standard InChI is InChI=1S/C17H11BO4.C17H10Br2O4.C17H10BrClO4.C17H10BrFO4.C17H10ClFO4/c18-10-11-6-7-15-12(8-11)9-14(17(20)22-15)16(19)21-13-4-2-1-3-5-13;3*18-9-10-4-5-15-11(6-10)7-14(17(21)23-15)16(20)22-13-3-1-2-12(19)8-13;18-12-2-4-13(5-3-12)22-16(20)14-8-11-7-10(9-19)1-6-15(11)23-17(14)21/h1-9H,10H2;4*1-8H,9H2. The van der Waals surface area contributed by atoms with Crippen molar-refractivity contribution < 1.29 is 78.5 Å². The molecule has 20 nitrogen and oxygen atoms in total. The second-order valence-electron chi connectivity index (χ2n) is 23.9. The first-order chi connectivity index (χ1) is 54.9. The van der Waals surface area contributed by atoms with Gasteiger partial charge in [0.25, 0.3) is 0 Å². The monoisotopic (exact) mass is 1830 g/mol. The molecule has 0 aliphatic heterocycles. The molecular weight excluding hydrogens is 1780 g/mol. The van der Waals surface area contributed by atoms with Gasteiger partial charge in [-0.25, -0.2) is 56.7 Å². The van der Waals surface area contributed by atoms with Gasteiger partial charge in [-0.2, -0.15) is 0 Å². The van der Waals surface area contributed by atoms with Crippen molar-refractivity contribution in [1.82, 2.24) is 0 Å². The van der Waals surface area contributed by atoms with E-state index in [9.17, 15) is 56.7 Å². The molecule has 10 aromatic carbocycles. The van der Waals surface area contributed by atoms with Crippen molar-refractivity contribution in [2.45, 2.75) is 29.0 Å². The van der Waals surface area contributed by atoms with Crippen molar-refractivity contribution in [2.75, 3.05) is 0 Å². The number of ether oxygens (including phenoxy) is 5. The SMILES string of the molecule is O=C(Oc1ccc(Cl)cc1)c1cc2cc(CF)ccc2oc1=O.O=C(Oc1cccc(Br)c1)c1cc2cc(CBr)ccc2oc1=O.O=C(Oc1cccc(Cl)c1)c1cc2cc(CBr)ccc2oc1=O.O=C(Oc1cccc(F)c1)c1cc2cc(CBr)ccc2oc1=O.[B]Cc1ccc2oc(=O)c(C(=O)Oc3ccccc3)cc2c1. The number of benzene rings is 10. The van der Waals surface area contributed by atoms with Gasteiger partial charge in [-0.15, -0.1) is 0 Å². The number of esters is 5. The fourth-order valence-electron chi connectivity index (χ4n) is 10.4. The van der Waals surface area contributed by atoms with Crippen LogP contribution < -0.4 is 51.8 Å². The third-order valence-corrected chi connectivity index (χ3v) is 18.9. The Kier molecular flexibility index (Phi) is 28.4. The van der Waals surface area contributed by atoms with E-state index >= 15 is 0 Å². The number of hydrogen-bond acceptors (Lipinski definition) is 20. The summed E-state index contributed by atoms with van der Waals surface area (Å²) in [5.74, 6) is -3.33. The molecule has 0 fully saturated rings. The smallest absolute Gasteiger partial charge is 0.351 e. The molecule has 5 heterocycles. The summed E-state index contributed by atoms with van der Waals surface area (Å²) in [6.45, 7) is -0.653. The van der Waals surface area contributed by atoms with Crippen LogP contribution >= 0.6 is 86.9 Å². The number of carbonyl (C=O) groups is 5. The Labute approximate surface area is 687 Å². The molecule has 0 saturated heterocycles. The lowest BCUT2D eigenvalue weighted by Gasteiger charge is -2.05. The van der Waals surface area contributed by atoms with Crippen molar-refractivity contribution in [3.8, 4) is 28.7 Å². The van der Waals surface area contributed by atoms with Gasteiger partial charge in [0.1, 0.15) is 97.0 Å². The van der Waals surface area contributed by atoms with Gasteiger partial charge in [0.2, 0.25) is 0 Å². The van der Waals surface area contributed by atoms with Crippen molar-refractivity contribution in [3.63, 3.8) is 0 Å². The van der Waals surface area contributed by atoms with E-state index in [2.05, 4.69) is 63.7 Å². The summed E-state index contributed by atoms with van der Waals surface area (Å²) in [6.07, 6.45) is 0.360. The van der Waals surface area contributed by atoms with Gasteiger partial charge < -0.3 is 45.8 Å². The summed E-state index contributed by atoms with van der Waals surface area (Å²) in [7, 11) is 5.59. The van der Waals surface area contributed by atoms with Crippen LogP contribution in [-0.4, -0.2) is 37.7 Å². The molecule has 0 aliphatic rings. The van der Waals surface area contributed by atoms with Crippen molar-refractivity contribution in [1.29, 1.82) is 0 Å². The van der Waals surface area contributed by atoms with Crippen LogP contribution in [0.5, 0.6) is 28.7 Å². The Morgan fingerprint density at radius 2 is 0.632 bits per heavy atom. The average Bonchev–Trinajstić information content (AvgIpc) is 0.823. The fourth-order valence-corrected chi connectivity index (χ4v) is 12.2. The first-order valence-electron chi connectivity index (χ1n) is 33.4. The normalized spacial score (nSPS) is 10.7. The Morgan fingerprint density at radius 1 is 0.325 bits per heavy atom. The van der Waals surface area contributed by atoms with Crippen LogP contribution in [0, 0.1) is 5.82 Å². The van der Waals surface area contributed by atoms with E-state index in [0.29, 0.717) is 98.7 Å². The third-order valence-electron chi connectivity index (χ3n) is 15.9. The van der Waals surface area contributed by atoms with Gasteiger partial charge in [-0.3, -0.25) is 0 Å². The molecule has 114 heavy (non-hydrogen) atoms. The lowest BCUT2D eigenvalue weighted by molar-refractivity contribution is 0.0720. The Bertz CT molecular complexity index is 6100. The second kappa shape index (κ2) is 39.0. The van der Waals surface area contributed by atoms with Crippen molar-refractivity contribution >= 4 is 179 Å². The van der Waals surface area contributed by atoms with Gasteiger partial charge in [0, 0.05) is 63.5 Å². The number of hydrogen-bond donors (Lipinski definition) is 0. The molecule has 29 heteroatoms. The largest absolute Gasteiger partial charge is 0.423 e. The quantitative estimate of drug-likeness (QED) is 0.0303. The molecule has 0 bridgehead atoms. The minimum atomic E-state index is -0.893. The van der Waals surface area contributed by atoms with Crippen LogP contribution in [0.15, 0.2) is 299 Å². The zero-order valence-corrected chi connectivity index (χ0v) is 66.3. The molecule has 2 radical (unpaired) electrons. The highest BCUT2D eigenvalue weighted by Crippen LogP contribution is 2.27. The second-order valence-corrected chi connectivity index (χ2v) is 27.4. The maximum absolute atomic E-state index is 13.1. The van der Waals surface area contributed by atoms with E-state index in [-0.39, 0.29) is 50.6 Å². The molecule has 15 rings (SSSR count). The highest BCUT2D eigenvalue weighted by atomic mass is 79.9. The van der Waals surface area contributed by atoms with E-state index in [0.717, 1.165) is 32.8 Å². The Hall–Kier alpha value is -12.0. The third kappa shape index (κ3) is 22.0. The summed E-state index contributed by atoms with van der Waals surface area (Å²) < 4.78 is 78.0. The molecule has 0 spiro atoms. The molecule has 570 valence electrons. The van der Waals surface area contributed by atoms with Gasteiger partial charge >= 0.3 is 58.0 Å². The summed E-state index contributed by atoms with van der Waals surface area (Å²) in [4.78, 5) is 121. The van der Waals surface area contributed by atoms with Crippen LogP contribution in [0.1, 0.15) is 79.6 Å². The lowest BCUT2D eigenvalue weighted by Crippen LogP contribution is -2.18. The lowest BCUT2D eigenvalue weighted by atomic mass is 9.96. The zero-order chi connectivity index (χ0) is 81.1. The van der Waals surface area contributed by atoms with Crippen LogP contribution in [0.3, 0.4) is 0 Å². The average molecular weight is 1830 g/mol. The molecule has 0 amide bonds. The van der Waals surface area contributed by atoms with Crippen LogP contribution in [-0.2, 0) is 29.0 Å². The van der Waals surface area contributed by atoms with E-state index in [1.54, 1.807) is 121 Å². The van der Waals surface area contributed by atoms with E-state index < -0.39 is 70.5 Å². The zero-order valence-electron chi connectivity index (χ0n) is 58.5. The highest BCUT2D eigenvalue weighted by molar-refractivity contribution is 9.10. The van der Waals surface area contributed by atoms with E-state index in [1.807, 2.05) is 36.4 Å². The molecule has 0 aliphatic carbocycles. The maximum atomic E-state index is 13.1. The minimum absolute atomic E-state index is 0.0173. The number of halogens is 8. The van der Waals surface area contributed by atoms with Crippen molar-refractivity contribution in [2.24, 2.45) is 0 Å². The summed E-state index contributed by atoms with van der Waals surface area (Å²) in [5.41, 5.74) is 1.43. The first kappa shape index (κ1) is 83.0. The Morgan fingerprint density at radius 3 is 0.982 bits per heavy atom. The summed E-state index contributed by atoms with van der Waals surface area (Å²) >= 11 is 24.9. The number of alkyl halides is 4. The summed E-state index contributed by atoms with van der Waals surface area (Å²) in [6, 6.07) is 65.9. The van der Waals surface area contributed by atoms with Gasteiger partial charge in [-0.1, -0.05) is 166 Å². The number of fused-ring (bicyclic) bond motifs is 5.